The van der Waals surface area contributed by atoms with Gasteiger partial charge in [-0.3, -0.25) is 4.79 Å². The molecule has 24 heavy (non-hydrogen) atoms. The Labute approximate surface area is 140 Å². The molecule has 0 saturated heterocycles. The van der Waals surface area contributed by atoms with Crippen LogP contribution in [0.1, 0.15) is 31.6 Å². The summed E-state index contributed by atoms with van der Waals surface area (Å²) in [5.41, 5.74) is 1.94. The molecule has 0 bridgehead atoms. The van der Waals surface area contributed by atoms with E-state index in [9.17, 15) is 9.90 Å². The highest BCUT2D eigenvalue weighted by atomic mass is 16.4. The molecule has 2 unspecified atom stereocenters. The van der Waals surface area contributed by atoms with Crippen LogP contribution in [0.15, 0.2) is 53.4 Å². The number of aryl methyl sites for hydroxylation is 1. The Morgan fingerprint density at radius 3 is 2.96 bits per heavy atom. The number of aromatic nitrogens is 2. The number of imidazole rings is 1. The van der Waals surface area contributed by atoms with Crippen molar-refractivity contribution in [1.29, 1.82) is 0 Å². The average Bonchev–Trinajstić information content (AvgIpc) is 3.23. The molecule has 2 aromatic heterocycles. The van der Waals surface area contributed by atoms with E-state index >= 15 is 0 Å². The largest absolute Gasteiger partial charge is 0.467 e. The van der Waals surface area contributed by atoms with Crippen molar-refractivity contribution in [3.63, 3.8) is 0 Å². The number of benzene rings is 1. The maximum atomic E-state index is 12.1. The van der Waals surface area contributed by atoms with Crippen LogP contribution in [0.3, 0.4) is 0 Å². The summed E-state index contributed by atoms with van der Waals surface area (Å²) in [5, 5.41) is 12.9. The van der Waals surface area contributed by atoms with Crippen LogP contribution < -0.4 is 5.32 Å². The summed E-state index contributed by atoms with van der Waals surface area (Å²) >= 11 is 0. The van der Waals surface area contributed by atoms with E-state index in [1.807, 2.05) is 35.8 Å². The molecular formula is C18H21N3O3. The van der Waals surface area contributed by atoms with Gasteiger partial charge in [-0.05, 0) is 31.2 Å². The Morgan fingerprint density at radius 1 is 1.33 bits per heavy atom. The molecule has 0 aliphatic rings. The van der Waals surface area contributed by atoms with Gasteiger partial charge in [-0.25, -0.2) is 4.98 Å². The van der Waals surface area contributed by atoms with Gasteiger partial charge in [0.15, 0.2) is 0 Å². The zero-order chi connectivity index (χ0) is 16.9. The van der Waals surface area contributed by atoms with Crippen LogP contribution in [0.25, 0.3) is 11.0 Å². The number of amides is 1. The number of nitrogens with one attached hydrogen (secondary N) is 1. The number of rotatable bonds is 7. The van der Waals surface area contributed by atoms with Gasteiger partial charge in [0.1, 0.15) is 11.9 Å². The molecule has 126 valence electrons. The number of fused-ring (bicyclic) bond motifs is 1. The lowest BCUT2D eigenvalue weighted by Crippen LogP contribution is -2.34. The lowest BCUT2D eigenvalue weighted by Gasteiger charge is -2.16. The maximum Gasteiger partial charge on any atom is 0.222 e. The van der Waals surface area contributed by atoms with E-state index in [0.29, 0.717) is 25.1 Å². The zero-order valence-electron chi connectivity index (χ0n) is 13.6. The molecule has 0 fully saturated rings. The quantitative estimate of drug-likeness (QED) is 0.699. The fourth-order valence-electron chi connectivity index (χ4n) is 2.75. The molecule has 0 aliphatic carbocycles. The third-order valence-electron chi connectivity index (χ3n) is 3.96. The van der Waals surface area contributed by atoms with Crippen molar-refractivity contribution in [1.82, 2.24) is 14.9 Å². The van der Waals surface area contributed by atoms with E-state index in [2.05, 4.69) is 10.3 Å². The number of furan rings is 1. The molecule has 2 N–H and O–H groups in total. The van der Waals surface area contributed by atoms with Gasteiger partial charge in [-0.2, -0.15) is 0 Å². The first-order chi connectivity index (χ1) is 11.6. The lowest BCUT2D eigenvalue weighted by molar-refractivity contribution is -0.122. The number of nitrogens with zero attached hydrogens (tertiary/aromatic N) is 2. The van der Waals surface area contributed by atoms with Crippen molar-refractivity contribution in [3.05, 3.63) is 54.7 Å². The highest BCUT2D eigenvalue weighted by Gasteiger charge is 2.16. The normalized spacial score (nSPS) is 13.8. The number of aliphatic hydroxyl groups is 1. The SMILES string of the molecule is CC(CC(O)c1ccco1)NC(=O)CCn1cnc2ccccc21. The third-order valence-corrected chi connectivity index (χ3v) is 3.96. The number of carbonyl (C=O) groups excluding carboxylic acids is 1. The van der Waals surface area contributed by atoms with Crippen LogP contribution in [-0.4, -0.2) is 26.6 Å². The fourth-order valence-corrected chi connectivity index (χ4v) is 2.75. The van der Waals surface area contributed by atoms with Crippen LogP contribution >= 0.6 is 0 Å². The molecule has 1 amide bonds. The van der Waals surface area contributed by atoms with Gasteiger partial charge in [0.05, 0.1) is 23.6 Å². The number of aliphatic hydroxyl groups excluding tert-OH is 1. The van der Waals surface area contributed by atoms with Crippen molar-refractivity contribution < 1.29 is 14.3 Å². The Balaban J connectivity index is 1.48. The van der Waals surface area contributed by atoms with Gasteiger partial charge in [0, 0.05) is 25.4 Å². The predicted octanol–water partition coefficient (Wildman–Crippen LogP) is 2.65. The van der Waals surface area contributed by atoms with E-state index in [-0.39, 0.29) is 11.9 Å². The van der Waals surface area contributed by atoms with Crippen molar-refractivity contribution in [3.8, 4) is 0 Å². The minimum atomic E-state index is -0.715. The summed E-state index contributed by atoms with van der Waals surface area (Å²) in [4.78, 5) is 16.4. The highest BCUT2D eigenvalue weighted by Crippen LogP contribution is 2.18. The number of carbonyl (C=O) groups is 1. The van der Waals surface area contributed by atoms with Gasteiger partial charge in [-0.1, -0.05) is 12.1 Å². The minimum absolute atomic E-state index is 0.0491. The molecule has 2 atom stereocenters. The molecule has 0 aliphatic heterocycles. The highest BCUT2D eigenvalue weighted by molar-refractivity contribution is 5.77. The van der Waals surface area contributed by atoms with Gasteiger partial charge < -0.3 is 19.4 Å². The van der Waals surface area contributed by atoms with Gasteiger partial charge in [0.25, 0.3) is 0 Å². The van der Waals surface area contributed by atoms with E-state index < -0.39 is 6.10 Å². The number of hydrogen-bond donors (Lipinski definition) is 2. The second-order valence-electron chi connectivity index (χ2n) is 5.91. The first kappa shape index (κ1) is 16.3. The van der Waals surface area contributed by atoms with Crippen LogP contribution in [0.2, 0.25) is 0 Å². The average molecular weight is 327 g/mol. The van der Waals surface area contributed by atoms with Gasteiger partial charge in [0.2, 0.25) is 5.91 Å². The van der Waals surface area contributed by atoms with E-state index in [4.69, 9.17) is 4.42 Å². The second-order valence-corrected chi connectivity index (χ2v) is 5.91. The smallest absolute Gasteiger partial charge is 0.222 e. The van der Waals surface area contributed by atoms with Crippen molar-refractivity contribution >= 4 is 16.9 Å². The molecule has 2 heterocycles. The maximum absolute atomic E-state index is 12.1. The molecule has 0 spiro atoms. The van der Waals surface area contributed by atoms with Crippen LogP contribution in [0.4, 0.5) is 0 Å². The summed E-state index contributed by atoms with van der Waals surface area (Å²) < 4.78 is 7.14. The van der Waals surface area contributed by atoms with Crippen LogP contribution in [-0.2, 0) is 11.3 Å². The minimum Gasteiger partial charge on any atom is -0.467 e. The van der Waals surface area contributed by atoms with Crippen molar-refractivity contribution in [2.24, 2.45) is 0 Å². The zero-order valence-corrected chi connectivity index (χ0v) is 13.6. The second kappa shape index (κ2) is 7.31. The molecule has 3 aromatic rings. The van der Waals surface area contributed by atoms with Gasteiger partial charge in [-0.15, -0.1) is 0 Å². The number of para-hydroxylation sites is 2. The molecule has 6 heteroatoms. The molecule has 0 radical (unpaired) electrons. The Kier molecular flexibility index (Phi) is 4.96. The van der Waals surface area contributed by atoms with Crippen molar-refractivity contribution in [2.45, 2.75) is 38.5 Å². The molecule has 6 nitrogen and oxygen atoms in total. The summed E-state index contributed by atoms with van der Waals surface area (Å²) in [6.45, 7) is 2.44. The van der Waals surface area contributed by atoms with Gasteiger partial charge >= 0.3 is 0 Å². The predicted molar refractivity (Wildman–Crippen MR) is 90.2 cm³/mol. The molecular weight excluding hydrogens is 306 g/mol. The molecule has 1 aromatic carbocycles. The topological polar surface area (TPSA) is 80.3 Å². The molecule has 3 rings (SSSR count). The van der Waals surface area contributed by atoms with E-state index in [1.54, 1.807) is 18.5 Å². The van der Waals surface area contributed by atoms with Crippen molar-refractivity contribution in [2.75, 3.05) is 0 Å². The summed E-state index contributed by atoms with van der Waals surface area (Å²) in [7, 11) is 0. The summed E-state index contributed by atoms with van der Waals surface area (Å²) in [5.74, 6) is 0.466. The number of hydrogen-bond acceptors (Lipinski definition) is 4. The standard InChI is InChI=1S/C18H21N3O3/c1-13(11-16(22)17-7-4-10-24-17)20-18(23)8-9-21-12-19-14-5-2-3-6-15(14)21/h2-7,10,12-13,16,22H,8-9,11H2,1H3,(H,20,23). The Morgan fingerprint density at radius 2 is 2.17 bits per heavy atom. The Hall–Kier alpha value is -2.60. The third kappa shape index (κ3) is 3.83. The lowest BCUT2D eigenvalue weighted by atomic mass is 10.1. The summed E-state index contributed by atoms with van der Waals surface area (Å²) in [6, 6.07) is 11.2. The van der Waals surface area contributed by atoms with E-state index in [0.717, 1.165) is 11.0 Å². The van der Waals surface area contributed by atoms with Crippen LogP contribution in [0, 0.1) is 0 Å². The van der Waals surface area contributed by atoms with Crippen LogP contribution in [0.5, 0.6) is 0 Å². The monoisotopic (exact) mass is 327 g/mol. The Bertz CT molecular complexity index is 795. The summed E-state index contributed by atoms with van der Waals surface area (Å²) in [6.07, 6.45) is 3.33. The van der Waals surface area contributed by atoms with E-state index in [1.165, 1.54) is 6.26 Å². The molecule has 0 saturated carbocycles. The fraction of sp³-hybridized carbons (Fsp3) is 0.333. The first-order valence-electron chi connectivity index (χ1n) is 8.04. The first-order valence-corrected chi connectivity index (χ1v) is 8.04.